The van der Waals surface area contributed by atoms with E-state index in [1.165, 1.54) is 11.1 Å². The maximum Gasteiger partial charge on any atom is 0.262 e. The van der Waals surface area contributed by atoms with Gasteiger partial charge in [-0.3, -0.25) is 4.79 Å². The molecule has 3 aromatic rings. The van der Waals surface area contributed by atoms with E-state index in [9.17, 15) is 25.4 Å². The van der Waals surface area contributed by atoms with Gasteiger partial charge in [0.1, 0.15) is 36.1 Å². The van der Waals surface area contributed by atoms with Crippen LogP contribution in [0.25, 0.3) is 27.6 Å². The number of aromatic nitrogens is 1. The monoisotopic (exact) mass is 560 g/mol. The number of rotatable bonds is 10. The number of aliphatic hydroxyl groups excluding tert-OH is 3. The molecule has 0 radical (unpaired) electrons. The van der Waals surface area contributed by atoms with Crippen LogP contribution in [0.15, 0.2) is 54.1 Å². The van der Waals surface area contributed by atoms with E-state index in [2.05, 4.69) is 60.5 Å². The number of carbonyl (C=O) groups is 1. The van der Waals surface area contributed by atoms with Crippen LogP contribution < -0.4 is 10.2 Å². The van der Waals surface area contributed by atoms with E-state index in [1.54, 1.807) is 6.92 Å². The highest BCUT2D eigenvalue weighted by Crippen LogP contribution is 2.31. The fourth-order valence-electron chi connectivity index (χ4n) is 5.44. The minimum atomic E-state index is -1.37. The Morgan fingerprint density at radius 3 is 2.41 bits per heavy atom. The summed E-state index contributed by atoms with van der Waals surface area (Å²) in [4.78, 5) is 15.3. The molecule has 1 amide bonds. The van der Waals surface area contributed by atoms with E-state index in [0.717, 1.165) is 48.3 Å². The van der Waals surface area contributed by atoms with Gasteiger partial charge >= 0.3 is 0 Å². The highest BCUT2D eigenvalue weighted by molar-refractivity contribution is 6.04. The van der Waals surface area contributed by atoms with Crippen molar-refractivity contribution in [1.29, 1.82) is 5.26 Å². The molecular weight excluding hydrogens is 520 g/mol. The molecule has 4 N–H and O–H groups in total. The molecule has 4 rings (SSSR count). The summed E-state index contributed by atoms with van der Waals surface area (Å²) >= 11 is 0. The van der Waals surface area contributed by atoms with Gasteiger partial charge in [-0.25, -0.2) is 0 Å². The van der Waals surface area contributed by atoms with Gasteiger partial charge in [-0.2, -0.15) is 5.26 Å². The van der Waals surface area contributed by atoms with Crippen LogP contribution in [0, 0.1) is 11.3 Å². The van der Waals surface area contributed by atoms with Crippen molar-refractivity contribution < 1.29 is 24.9 Å². The average molecular weight is 561 g/mol. The van der Waals surface area contributed by atoms with Gasteiger partial charge in [0.25, 0.3) is 5.91 Å². The number of carbonyl (C=O) groups excluding carboxylic acids is 1. The first-order valence-electron chi connectivity index (χ1n) is 14.2. The van der Waals surface area contributed by atoms with E-state index in [0.29, 0.717) is 5.57 Å². The fourth-order valence-corrected chi connectivity index (χ4v) is 5.44. The maximum atomic E-state index is 12.9. The lowest BCUT2D eigenvalue weighted by Crippen LogP contribution is -2.56. The molecular formula is C32H40N4O5. The Balaban J connectivity index is 1.54. The normalized spacial score (nSPS) is 21.3. The second kappa shape index (κ2) is 13.3. The maximum absolute atomic E-state index is 12.9. The molecule has 9 heteroatoms. The molecule has 2 aromatic carbocycles. The number of fused-ring (bicyclic) bond motifs is 1. The highest BCUT2D eigenvalue weighted by Gasteiger charge is 2.37. The van der Waals surface area contributed by atoms with Crippen molar-refractivity contribution in [2.75, 3.05) is 31.1 Å². The lowest BCUT2D eigenvalue weighted by atomic mass is 10.00. The van der Waals surface area contributed by atoms with Crippen LogP contribution >= 0.6 is 0 Å². The van der Waals surface area contributed by atoms with E-state index in [1.807, 2.05) is 29.8 Å². The number of anilines is 1. The van der Waals surface area contributed by atoms with E-state index < -0.39 is 30.3 Å². The predicted octanol–water partition coefficient (Wildman–Crippen LogP) is 3.37. The molecule has 0 bridgehead atoms. The zero-order valence-corrected chi connectivity index (χ0v) is 24.2. The summed E-state index contributed by atoms with van der Waals surface area (Å²) in [6.45, 7) is 7.91. The molecule has 218 valence electrons. The number of nitriles is 1. The summed E-state index contributed by atoms with van der Waals surface area (Å²) in [6.07, 6.45) is -2.61. The number of hydrogen-bond acceptors (Lipinski definition) is 7. The molecule has 0 spiro atoms. The second-order valence-corrected chi connectivity index (χ2v) is 10.6. The first kappa shape index (κ1) is 30.3. The number of ether oxygens (including phenoxy) is 1. The number of amides is 1. The summed E-state index contributed by atoms with van der Waals surface area (Å²) < 4.78 is 7.31. The van der Waals surface area contributed by atoms with Crippen molar-refractivity contribution in [2.45, 2.75) is 58.0 Å². The van der Waals surface area contributed by atoms with Gasteiger partial charge in [-0.1, -0.05) is 32.0 Å². The zero-order chi connectivity index (χ0) is 29.7. The molecule has 1 aliphatic rings. The number of aliphatic hydroxyl groups is 3. The highest BCUT2D eigenvalue weighted by atomic mass is 16.5. The van der Waals surface area contributed by atoms with Crippen LogP contribution in [0.1, 0.15) is 39.3 Å². The first-order valence-corrected chi connectivity index (χ1v) is 14.2. The molecule has 0 aliphatic carbocycles. The Labute approximate surface area is 241 Å². The van der Waals surface area contributed by atoms with Gasteiger partial charge < -0.3 is 34.8 Å². The Kier molecular flexibility index (Phi) is 9.84. The van der Waals surface area contributed by atoms with Crippen molar-refractivity contribution in [3.8, 4) is 17.3 Å². The van der Waals surface area contributed by atoms with Crippen molar-refractivity contribution in [2.24, 2.45) is 7.05 Å². The number of hydrogen-bond donors (Lipinski definition) is 4. The largest absolute Gasteiger partial charge is 0.388 e. The molecule has 1 fully saturated rings. The average Bonchev–Trinajstić information content (AvgIpc) is 3.36. The lowest BCUT2D eigenvalue weighted by Gasteiger charge is -2.35. The van der Waals surface area contributed by atoms with Crippen molar-refractivity contribution in [3.63, 3.8) is 0 Å². The second-order valence-electron chi connectivity index (χ2n) is 10.6. The van der Waals surface area contributed by atoms with Gasteiger partial charge in [0.2, 0.25) is 0 Å². The molecule has 9 nitrogen and oxygen atoms in total. The molecule has 4 atom stereocenters. The Morgan fingerprint density at radius 1 is 1.05 bits per heavy atom. The minimum Gasteiger partial charge on any atom is -0.388 e. The number of allylic oxidation sites excluding steroid dienone is 1. The van der Waals surface area contributed by atoms with Gasteiger partial charge in [-0.15, -0.1) is 0 Å². The first-order chi connectivity index (χ1) is 19.7. The number of nitrogens with zero attached hydrogens (tertiary/aromatic N) is 3. The zero-order valence-electron chi connectivity index (χ0n) is 24.2. The third kappa shape index (κ3) is 6.47. The van der Waals surface area contributed by atoms with Crippen molar-refractivity contribution in [1.82, 2.24) is 9.88 Å². The summed E-state index contributed by atoms with van der Waals surface area (Å²) in [7, 11) is 1.90. The summed E-state index contributed by atoms with van der Waals surface area (Å²) in [5.74, 6) is -0.606. The van der Waals surface area contributed by atoms with Gasteiger partial charge in [0, 0.05) is 43.8 Å². The lowest BCUT2D eigenvalue weighted by molar-refractivity contribution is -0.185. The number of benzene rings is 2. The third-order valence-electron chi connectivity index (χ3n) is 7.76. The van der Waals surface area contributed by atoms with Crippen LogP contribution in [0.4, 0.5) is 5.69 Å². The molecule has 41 heavy (non-hydrogen) atoms. The topological polar surface area (TPSA) is 131 Å². The SMILES string of the molecule is CCCN(CCC)c1ccc2cc(-c3ccc(C(C)=C(C#N)C(=O)NCC4OCC(O)C(O)C4O)n3C)ccc2c1. The third-order valence-corrected chi connectivity index (χ3v) is 7.76. The molecule has 1 saturated heterocycles. The summed E-state index contributed by atoms with van der Waals surface area (Å²) in [5.41, 5.74) is 4.39. The van der Waals surface area contributed by atoms with Crippen molar-refractivity contribution >= 4 is 27.9 Å². The van der Waals surface area contributed by atoms with E-state index in [-0.39, 0.29) is 18.7 Å². The van der Waals surface area contributed by atoms with Gasteiger partial charge in [-0.05, 0) is 72.0 Å². The summed E-state index contributed by atoms with van der Waals surface area (Å²) in [5, 5.41) is 44.4. The fraction of sp³-hybridized carbons (Fsp3) is 0.438. The van der Waals surface area contributed by atoms with Crippen LogP contribution in [-0.2, 0) is 16.6 Å². The van der Waals surface area contributed by atoms with Crippen LogP contribution in [-0.4, -0.2) is 76.5 Å². The van der Waals surface area contributed by atoms with Gasteiger partial charge in [0.15, 0.2) is 0 Å². The standard InChI is InChI=1S/C32H40N4O5/c1-5-13-36(14-6-2)24-10-9-21-15-23(8-7-22(21)16-24)27-12-11-26(35(27)4)20(3)25(17-33)32(40)34-18-29-31(39)30(38)28(37)19-41-29/h7-12,15-16,28-31,37-39H,5-6,13-14,18-19H2,1-4H3,(H,34,40). The van der Waals surface area contributed by atoms with E-state index >= 15 is 0 Å². The predicted molar refractivity (Wildman–Crippen MR) is 160 cm³/mol. The molecule has 4 unspecified atom stereocenters. The van der Waals surface area contributed by atoms with Crippen LogP contribution in [0.2, 0.25) is 0 Å². The number of nitrogens with one attached hydrogen (secondary N) is 1. The molecule has 0 saturated carbocycles. The molecule has 2 heterocycles. The Morgan fingerprint density at radius 2 is 1.73 bits per heavy atom. The minimum absolute atomic E-state index is 0.0570. The van der Waals surface area contributed by atoms with Crippen molar-refractivity contribution in [3.05, 3.63) is 59.8 Å². The van der Waals surface area contributed by atoms with Crippen LogP contribution in [0.3, 0.4) is 0 Å². The van der Waals surface area contributed by atoms with E-state index in [4.69, 9.17) is 4.74 Å². The quantitative estimate of drug-likeness (QED) is 0.221. The van der Waals surface area contributed by atoms with Crippen LogP contribution in [0.5, 0.6) is 0 Å². The molecule has 1 aliphatic heterocycles. The Hall–Kier alpha value is -3.68. The Bertz CT molecular complexity index is 1450. The summed E-state index contributed by atoms with van der Waals surface area (Å²) in [6, 6.07) is 18.8. The smallest absolute Gasteiger partial charge is 0.262 e. The molecule has 1 aromatic heterocycles. The van der Waals surface area contributed by atoms with Gasteiger partial charge in [0.05, 0.1) is 6.61 Å².